The number of rotatable bonds is 9. The summed E-state index contributed by atoms with van der Waals surface area (Å²) < 4.78 is 4.62. The highest BCUT2D eigenvalue weighted by Gasteiger charge is 2.28. The van der Waals surface area contributed by atoms with Crippen molar-refractivity contribution in [3.8, 4) is 0 Å². The second-order valence-corrected chi connectivity index (χ2v) is 7.92. The zero-order valence-electron chi connectivity index (χ0n) is 9.82. The fraction of sp³-hybridized carbons (Fsp3) is 0.889. The minimum Gasteiger partial charge on any atom is -0.465 e. The van der Waals surface area contributed by atoms with Crippen LogP contribution in [0.2, 0.25) is 0 Å². The van der Waals surface area contributed by atoms with Gasteiger partial charge in [-0.2, -0.15) is 0 Å². The van der Waals surface area contributed by atoms with Crippen molar-refractivity contribution in [2.24, 2.45) is 0 Å². The second-order valence-electron chi connectivity index (χ2n) is 2.70. The van der Waals surface area contributed by atoms with Gasteiger partial charge < -0.3 is 4.74 Å². The molecule has 0 aliphatic carbocycles. The van der Waals surface area contributed by atoms with Crippen LogP contribution in [-0.4, -0.2) is 34.6 Å². The Kier molecular flexibility index (Phi) is 10.0. The van der Waals surface area contributed by atoms with Gasteiger partial charge in [0.2, 0.25) is 0 Å². The minimum atomic E-state index is -0.258. The fourth-order valence-electron chi connectivity index (χ4n) is 1.02. The molecule has 0 rings (SSSR count). The van der Waals surface area contributed by atoms with Crippen LogP contribution in [0.25, 0.3) is 0 Å². The molecule has 0 spiro atoms. The summed E-state index contributed by atoms with van der Waals surface area (Å²) in [5.41, 5.74) is 0. The molecule has 0 bridgehead atoms. The van der Waals surface area contributed by atoms with Crippen molar-refractivity contribution < 1.29 is 9.53 Å². The third-order valence-electron chi connectivity index (χ3n) is 1.56. The first-order chi connectivity index (χ1) is 7.64. The monoisotopic (exact) mass is 299 g/mol. The molecule has 0 fully saturated rings. The van der Waals surface area contributed by atoms with Gasteiger partial charge in [0.15, 0.2) is 3.94 Å². The van der Waals surface area contributed by atoms with E-state index in [1.807, 2.05) is 0 Å². The highest BCUT2D eigenvalue weighted by atomic mass is 32.4. The summed E-state index contributed by atoms with van der Waals surface area (Å²) in [6.07, 6.45) is 0. The van der Waals surface area contributed by atoms with Crippen molar-refractivity contribution in [1.29, 1.82) is 0 Å². The number of nitrogens with one attached hydrogen (secondary N) is 1. The molecular weight excluding hydrogens is 281 g/mol. The van der Waals surface area contributed by atoms with Gasteiger partial charge in [0.1, 0.15) is 0 Å². The van der Waals surface area contributed by atoms with Crippen LogP contribution in [0.4, 0.5) is 0 Å². The molecule has 7 heteroatoms. The Morgan fingerprint density at radius 3 is 2.31 bits per heavy atom. The highest BCUT2D eigenvalue weighted by molar-refractivity contribution is 8.27. The molecule has 0 aromatic carbocycles. The Bertz CT molecular complexity index is 223. The molecule has 0 heterocycles. The predicted octanol–water partition coefficient (Wildman–Crippen LogP) is 2.66. The van der Waals surface area contributed by atoms with E-state index in [2.05, 4.69) is 19.2 Å². The van der Waals surface area contributed by atoms with Gasteiger partial charge in [-0.05, 0) is 18.4 Å². The Morgan fingerprint density at radius 1 is 1.38 bits per heavy atom. The lowest BCUT2D eigenvalue weighted by Crippen LogP contribution is -2.38. The van der Waals surface area contributed by atoms with Crippen LogP contribution >= 0.6 is 30.9 Å². The summed E-state index contributed by atoms with van der Waals surface area (Å²) >= 11 is 8.62. The van der Waals surface area contributed by atoms with E-state index in [4.69, 9.17) is 16.5 Å². The molecule has 0 radical (unpaired) electrons. The maximum atomic E-state index is 11.3. The Balaban J connectivity index is 4.29. The molecule has 3 nitrogen and oxygen atoms in total. The lowest BCUT2D eigenvalue weighted by Gasteiger charge is -2.27. The van der Waals surface area contributed by atoms with Gasteiger partial charge in [-0.1, -0.05) is 25.7 Å². The summed E-state index contributed by atoms with van der Waals surface area (Å²) in [5, 5.41) is 3.20. The molecule has 0 unspecified atom stereocenters. The molecule has 0 amide bonds. The lowest BCUT2D eigenvalue weighted by molar-refractivity contribution is -0.141. The fourth-order valence-corrected chi connectivity index (χ4v) is 5.67. The van der Waals surface area contributed by atoms with Crippen molar-refractivity contribution >= 4 is 48.7 Å². The normalized spacial score (nSPS) is 11.7. The van der Waals surface area contributed by atoms with E-state index >= 15 is 0 Å². The van der Waals surface area contributed by atoms with E-state index < -0.39 is 0 Å². The first-order valence-electron chi connectivity index (χ1n) is 5.17. The lowest BCUT2D eigenvalue weighted by atomic mass is 10.6. The smallest absolute Gasteiger partial charge is 0.319 e. The van der Waals surface area contributed by atoms with E-state index in [1.165, 1.54) is 0 Å². The first kappa shape index (κ1) is 16.6. The first-order valence-corrected chi connectivity index (χ1v) is 9.05. The largest absolute Gasteiger partial charge is 0.465 e. The van der Waals surface area contributed by atoms with E-state index in [0.717, 1.165) is 18.9 Å². The minimum absolute atomic E-state index is 0.220. The van der Waals surface area contributed by atoms with Crippen LogP contribution in [0.5, 0.6) is 0 Å². The van der Waals surface area contributed by atoms with Crippen LogP contribution < -0.4 is 5.32 Å². The molecular formula is C9H18NO2PS3. The molecule has 0 aliphatic rings. The van der Waals surface area contributed by atoms with Crippen molar-refractivity contribution in [1.82, 2.24) is 5.32 Å². The summed E-state index contributed by atoms with van der Waals surface area (Å²) in [6.45, 7) is 6.61. The number of carbonyl (C=O) groups excluding carboxylic acids is 1. The van der Waals surface area contributed by atoms with E-state index in [9.17, 15) is 4.79 Å². The number of ether oxygens (including phenoxy) is 1. The van der Waals surface area contributed by atoms with Crippen LogP contribution in [0.15, 0.2) is 0 Å². The molecule has 0 saturated carbocycles. The third kappa shape index (κ3) is 6.40. The van der Waals surface area contributed by atoms with Gasteiger partial charge in [-0.3, -0.25) is 10.1 Å². The van der Waals surface area contributed by atoms with Crippen molar-refractivity contribution in [3.63, 3.8) is 0 Å². The molecule has 94 valence electrons. The van der Waals surface area contributed by atoms with Crippen molar-refractivity contribution in [2.45, 2.75) is 24.7 Å². The van der Waals surface area contributed by atoms with Gasteiger partial charge in [-0.15, -0.1) is 23.5 Å². The quantitative estimate of drug-likeness (QED) is 0.401. The Labute approximate surface area is 113 Å². The molecule has 0 aliphatic heterocycles. The molecule has 1 N–H and O–H groups in total. The van der Waals surface area contributed by atoms with Gasteiger partial charge in [-0.25, -0.2) is 0 Å². The summed E-state index contributed by atoms with van der Waals surface area (Å²) in [6, 6.07) is 0. The van der Waals surface area contributed by atoms with E-state index in [-0.39, 0.29) is 16.5 Å². The van der Waals surface area contributed by atoms with E-state index in [1.54, 1.807) is 30.4 Å². The average molecular weight is 299 g/mol. The molecule has 0 aromatic heterocycles. The SMILES string of the molecule is CCOC(=O)CNC(P=S)(SCC)SCC. The maximum absolute atomic E-state index is 11.3. The zero-order valence-corrected chi connectivity index (χ0v) is 13.2. The average Bonchev–Trinajstić information content (AvgIpc) is 2.27. The van der Waals surface area contributed by atoms with Crippen LogP contribution in [0, 0.1) is 0 Å². The van der Waals surface area contributed by atoms with Crippen LogP contribution in [-0.2, 0) is 21.3 Å². The van der Waals surface area contributed by atoms with Crippen LogP contribution in [0.3, 0.4) is 0 Å². The predicted molar refractivity (Wildman–Crippen MR) is 77.9 cm³/mol. The Morgan fingerprint density at radius 2 is 1.94 bits per heavy atom. The maximum Gasteiger partial charge on any atom is 0.319 e. The van der Waals surface area contributed by atoms with Crippen LogP contribution in [0.1, 0.15) is 20.8 Å². The van der Waals surface area contributed by atoms with Crippen molar-refractivity contribution in [3.05, 3.63) is 0 Å². The third-order valence-corrected chi connectivity index (χ3v) is 7.15. The van der Waals surface area contributed by atoms with Crippen molar-refractivity contribution in [2.75, 3.05) is 24.7 Å². The second kappa shape index (κ2) is 9.66. The number of hydrogen-bond acceptors (Lipinski definition) is 6. The number of carbonyl (C=O) groups is 1. The van der Waals surface area contributed by atoms with Gasteiger partial charge in [0.25, 0.3) is 0 Å². The number of esters is 1. The Hall–Kier alpha value is 0.650. The molecule has 0 atom stereocenters. The molecule has 0 saturated heterocycles. The number of hydrogen-bond donors (Lipinski definition) is 1. The molecule has 16 heavy (non-hydrogen) atoms. The summed E-state index contributed by atoms with van der Waals surface area (Å²) in [5.74, 6) is 1.71. The zero-order chi connectivity index (χ0) is 12.4. The van der Waals surface area contributed by atoms with Gasteiger partial charge in [0, 0.05) is 7.36 Å². The standard InChI is InChI=1S/C9H18NO2PS3/c1-4-12-8(11)7-10-9(13-14,15-5-2)16-6-3/h10H,4-7H2,1-3H3. The topological polar surface area (TPSA) is 38.3 Å². The number of thioether (sulfide) groups is 2. The van der Waals surface area contributed by atoms with Gasteiger partial charge >= 0.3 is 5.97 Å². The summed E-state index contributed by atoms with van der Waals surface area (Å²) in [7, 11) is 0.821. The summed E-state index contributed by atoms with van der Waals surface area (Å²) in [4.78, 5) is 11.3. The molecule has 0 aromatic rings. The van der Waals surface area contributed by atoms with E-state index in [0.29, 0.717) is 6.61 Å². The highest BCUT2D eigenvalue weighted by Crippen LogP contribution is 2.43. The van der Waals surface area contributed by atoms with Gasteiger partial charge in [0.05, 0.1) is 13.2 Å².